The number of hydrogen-bond acceptors (Lipinski definition) is 3. The number of pyridine rings is 1. The van der Waals surface area contributed by atoms with E-state index in [1.54, 1.807) is 12.1 Å². The van der Waals surface area contributed by atoms with Gasteiger partial charge in [0.05, 0.1) is 17.7 Å². The highest BCUT2D eigenvalue weighted by Crippen LogP contribution is 2.18. The number of aliphatic hydroxyl groups excluding tert-OH is 1. The molecule has 0 saturated heterocycles. The van der Waals surface area contributed by atoms with Gasteiger partial charge in [-0.2, -0.15) is 5.26 Å². The van der Waals surface area contributed by atoms with Crippen molar-refractivity contribution in [1.82, 2.24) is 4.98 Å². The number of nitrogens with zero attached hydrogens (tertiary/aromatic N) is 2. The van der Waals surface area contributed by atoms with Crippen molar-refractivity contribution in [3.63, 3.8) is 0 Å². The summed E-state index contributed by atoms with van der Waals surface area (Å²) < 4.78 is 0.711. The van der Waals surface area contributed by atoms with Gasteiger partial charge in [-0.05, 0) is 34.5 Å². The minimum atomic E-state index is -0.317. The Balaban J connectivity index is 2.86. The van der Waals surface area contributed by atoms with E-state index in [0.717, 1.165) is 0 Å². The third-order valence-corrected chi connectivity index (χ3v) is 2.11. The molecule has 1 unspecified atom stereocenters. The number of aliphatic hydroxyl groups is 1. The molecule has 0 aliphatic carbocycles. The van der Waals surface area contributed by atoms with Gasteiger partial charge in [-0.3, -0.25) is 0 Å². The molecule has 1 heterocycles. The standard InChI is InChI=1S/C9H9BrN2O/c10-9-3-1-2-8(12-9)7(6-11)4-5-13/h1-3,7,13H,4-5H2. The van der Waals surface area contributed by atoms with Crippen LogP contribution in [0.2, 0.25) is 0 Å². The Kier molecular flexibility index (Phi) is 3.87. The summed E-state index contributed by atoms with van der Waals surface area (Å²) in [5.41, 5.74) is 0.700. The molecular formula is C9H9BrN2O. The molecule has 3 nitrogen and oxygen atoms in total. The molecule has 0 radical (unpaired) electrons. The molecule has 68 valence electrons. The number of aromatic nitrogens is 1. The summed E-state index contributed by atoms with van der Waals surface area (Å²) in [6.07, 6.45) is 0.431. The lowest BCUT2D eigenvalue weighted by molar-refractivity contribution is 0.283. The largest absolute Gasteiger partial charge is 0.396 e. The lowest BCUT2D eigenvalue weighted by Gasteiger charge is -2.05. The summed E-state index contributed by atoms with van der Waals surface area (Å²) in [6.45, 7) is 0.00637. The first-order chi connectivity index (χ1) is 6.27. The van der Waals surface area contributed by atoms with Crippen LogP contribution in [0.15, 0.2) is 22.8 Å². The smallest absolute Gasteiger partial charge is 0.106 e. The van der Waals surface area contributed by atoms with Crippen molar-refractivity contribution < 1.29 is 5.11 Å². The van der Waals surface area contributed by atoms with E-state index < -0.39 is 0 Å². The number of nitriles is 1. The molecule has 0 aliphatic heterocycles. The van der Waals surface area contributed by atoms with Crippen LogP contribution in [-0.4, -0.2) is 16.7 Å². The zero-order valence-corrected chi connectivity index (χ0v) is 8.53. The van der Waals surface area contributed by atoms with Gasteiger partial charge >= 0.3 is 0 Å². The van der Waals surface area contributed by atoms with E-state index >= 15 is 0 Å². The predicted octanol–water partition coefficient (Wildman–Crippen LogP) is 1.83. The lowest BCUT2D eigenvalue weighted by Crippen LogP contribution is -2.01. The average Bonchev–Trinajstić information content (AvgIpc) is 2.14. The predicted molar refractivity (Wildman–Crippen MR) is 52.0 cm³/mol. The van der Waals surface area contributed by atoms with E-state index in [9.17, 15) is 0 Å². The Morgan fingerprint density at radius 3 is 2.92 bits per heavy atom. The molecule has 0 bridgehead atoms. The van der Waals surface area contributed by atoms with Gasteiger partial charge < -0.3 is 5.11 Å². The SMILES string of the molecule is N#CC(CCO)c1cccc(Br)n1. The normalized spacial score (nSPS) is 12.1. The summed E-state index contributed by atoms with van der Waals surface area (Å²) in [5.74, 6) is -0.317. The fourth-order valence-electron chi connectivity index (χ4n) is 1.03. The lowest BCUT2D eigenvalue weighted by atomic mass is 10.0. The summed E-state index contributed by atoms with van der Waals surface area (Å²) >= 11 is 3.23. The fraction of sp³-hybridized carbons (Fsp3) is 0.333. The number of rotatable bonds is 3. The van der Waals surface area contributed by atoms with Gasteiger partial charge in [0.25, 0.3) is 0 Å². The van der Waals surface area contributed by atoms with Crippen LogP contribution in [0.25, 0.3) is 0 Å². The van der Waals surface area contributed by atoms with Gasteiger partial charge in [-0.1, -0.05) is 6.07 Å². The topological polar surface area (TPSA) is 56.9 Å². The maximum absolute atomic E-state index is 8.79. The van der Waals surface area contributed by atoms with E-state index in [1.807, 2.05) is 6.07 Å². The number of halogens is 1. The molecular weight excluding hydrogens is 232 g/mol. The summed E-state index contributed by atoms with van der Waals surface area (Å²) in [5, 5.41) is 17.5. The average molecular weight is 241 g/mol. The minimum absolute atomic E-state index is 0.00637. The van der Waals surface area contributed by atoms with Gasteiger partial charge in [-0.15, -0.1) is 0 Å². The van der Waals surface area contributed by atoms with Crippen LogP contribution < -0.4 is 0 Å². The highest BCUT2D eigenvalue weighted by atomic mass is 79.9. The van der Waals surface area contributed by atoms with Gasteiger partial charge in [0.15, 0.2) is 0 Å². The molecule has 1 atom stereocenters. The van der Waals surface area contributed by atoms with Crippen LogP contribution in [0.4, 0.5) is 0 Å². The summed E-state index contributed by atoms with van der Waals surface area (Å²) in [4.78, 5) is 4.15. The third kappa shape index (κ3) is 2.79. The molecule has 13 heavy (non-hydrogen) atoms. The van der Waals surface area contributed by atoms with Crippen LogP contribution in [0.5, 0.6) is 0 Å². The van der Waals surface area contributed by atoms with Crippen molar-refractivity contribution in [2.45, 2.75) is 12.3 Å². The second-order valence-corrected chi connectivity index (χ2v) is 3.39. The van der Waals surface area contributed by atoms with E-state index in [0.29, 0.717) is 16.7 Å². The zero-order chi connectivity index (χ0) is 9.68. The summed E-state index contributed by atoms with van der Waals surface area (Å²) in [7, 11) is 0. The second kappa shape index (κ2) is 4.95. The number of hydrogen-bond donors (Lipinski definition) is 1. The Morgan fingerprint density at radius 2 is 2.38 bits per heavy atom. The van der Waals surface area contributed by atoms with Crippen LogP contribution in [0, 0.1) is 11.3 Å². The van der Waals surface area contributed by atoms with E-state index in [2.05, 4.69) is 27.0 Å². The first-order valence-electron chi connectivity index (χ1n) is 3.91. The molecule has 1 aromatic heterocycles. The van der Waals surface area contributed by atoms with Gasteiger partial charge in [0.2, 0.25) is 0 Å². The molecule has 0 saturated carbocycles. The van der Waals surface area contributed by atoms with Crippen molar-refractivity contribution in [2.24, 2.45) is 0 Å². The molecule has 1 rings (SSSR count). The molecule has 0 aliphatic rings. The van der Waals surface area contributed by atoms with Gasteiger partial charge in [-0.25, -0.2) is 4.98 Å². The molecule has 0 amide bonds. The molecule has 0 aromatic carbocycles. The molecule has 4 heteroatoms. The van der Waals surface area contributed by atoms with Gasteiger partial charge in [0, 0.05) is 6.61 Å². The molecule has 0 fully saturated rings. The Morgan fingerprint density at radius 1 is 1.62 bits per heavy atom. The van der Waals surface area contributed by atoms with Crippen molar-refractivity contribution >= 4 is 15.9 Å². The Hall–Kier alpha value is -0.920. The van der Waals surface area contributed by atoms with Crippen molar-refractivity contribution in [2.75, 3.05) is 6.61 Å². The monoisotopic (exact) mass is 240 g/mol. The van der Waals surface area contributed by atoms with Gasteiger partial charge in [0.1, 0.15) is 4.60 Å². The highest BCUT2D eigenvalue weighted by Gasteiger charge is 2.10. The van der Waals surface area contributed by atoms with Crippen molar-refractivity contribution in [3.05, 3.63) is 28.5 Å². The maximum Gasteiger partial charge on any atom is 0.106 e. The maximum atomic E-state index is 8.79. The van der Waals surface area contributed by atoms with Crippen molar-refractivity contribution in [3.8, 4) is 6.07 Å². The Bertz CT molecular complexity index is 322. The van der Waals surface area contributed by atoms with Crippen LogP contribution in [-0.2, 0) is 0 Å². The quantitative estimate of drug-likeness (QED) is 0.821. The summed E-state index contributed by atoms with van der Waals surface area (Å²) in [6, 6.07) is 7.52. The van der Waals surface area contributed by atoms with Crippen molar-refractivity contribution in [1.29, 1.82) is 5.26 Å². The minimum Gasteiger partial charge on any atom is -0.396 e. The second-order valence-electron chi connectivity index (χ2n) is 2.58. The van der Waals surface area contributed by atoms with Crippen LogP contribution >= 0.6 is 15.9 Å². The molecule has 0 spiro atoms. The Labute approximate surface area is 85.2 Å². The molecule has 1 aromatic rings. The van der Waals surface area contributed by atoms with E-state index in [4.69, 9.17) is 10.4 Å². The first-order valence-corrected chi connectivity index (χ1v) is 4.70. The first kappa shape index (κ1) is 10.2. The van der Waals surface area contributed by atoms with Crippen LogP contribution in [0.1, 0.15) is 18.0 Å². The third-order valence-electron chi connectivity index (χ3n) is 1.67. The van der Waals surface area contributed by atoms with E-state index in [-0.39, 0.29) is 12.5 Å². The molecule has 1 N–H and O–H groups in total. The van der Waals surface area contributed by atoms with Crippen LogP contribution in [0.3, 0.4) is 0 Å². The zero-order valence-electron chi connectivity index (χ0n) is 6.94. The highest BCUT2D eigenvalue weighted by molar-refractivity contribution is 9.10. The van der Waals surface area contributed by atoms with E-state index in [1.165, 1.54) is 0 Å². The fourth-order valence-corrected chi connectivity index (χ4v) is 1.38.